The summed E-state index contributed by atoms with van der Waals surface area (Å²) in [5, 5.41) is 5.09. The molecule has 1 aromatic rings. The zero-order valence-electron chi connectivity index (χ0n) is 10.5. The second-order valence-electron chi connectivity index (χ2n) is 4.55. The summed E-state index contributed by atoms with van der Waals surface area (Å²) in [7, 11) is -3.99. The number of nitrogens with two attached hydrogens (primary N) is 1. The summed E-state index contributed by atoms with van der Waals surface area (Å²) < 4.78 is 48.0. The molecule has 20 heavy (non-hydrogen) atoms. The zero-order valence-corrected chi connectivity index (χ0v) is 12.9. The lowest BCUT2D eigenvalue weighted by molar-refractivity contribution is -0.0336. The van der Waals surface area contributed by atoms with Crippen molar-refractivity contribution in [2.24, 2.45) is 5.14 Å². The van der Waals surface area contributed by atoms with Gasteiger partial charge in [-0.25, -0.2) is 22.9 Å². The van der Waals surface area contributed by atoms with E-state index in [1.807, 2.05) is 0 Å². The summed E-state index contributed by atoms with van der Waals surface area (Å²) >= 11 is 3.10. The summed E-state index contributed by atoms with van der Waals surface area (Å²) in [6.45, 7) is 0.346. The van der Waals surface area contributed by atoms with E-state index >= 15 is 0 Å². The van der Waals surface area contributed by atoms with Gasteiger partial charge in [-0.3, -0.25) is 0 Å². The van der Waals surface area contributed by atoms with Crippen LogP contribution in [-0.4, -0.2) is 38.9 Å². The summed E-state index contributed by atoms with van der Waals surface area (Å²) in [6, 6.07) is 1.27. The summed E-state index contributed by atoms with van der Waals surface area (Å²) in [4.78, 5) is 3.56. The van der Waals surface area contributed by atoms with Crippen LogP contribution in [0.3, 0.4) is 0 Å². The molecule has 112 valence electrons. The lowest BCUT2D eigenvalue weighted by atomic mass is 9.98. The van der Waals surface area contributed by atoms with Gasteiger partial charge in [0, 0.05) is 36.7 Å². The third-order valence-corrected chi connectivity index (χ3v) is 4.29. The molecule has 2 heterocycles. The van der Waals surface area contributed by atoms with Crippen LogP contribution in [0.4, 0.5) is 4.39 Å². The van der Waals surface area contributed by atoms with Crippen molar-refractivity contribution in [1.82, 2.24) is 4.98 Å². The normalized spacial score (nSPS) is 18.8. The Kier molecular flexibility index (Phi) is 4.62. The molecular formula is C11H14BrFN2O4S. The smallest absolute Gasteiger partial charge is 0.243 e. The van der Waals surface area contributed by atoms with Crippen molar-refractivity contribution in [3.63, 3.8) is 0 Å². The molecule has 0 saturated carbocycles. The Hall–Kier alpha value is -0.770. The van der Waals surface area contributed by atoms with Gasteiger partial charge in [-0.2, -0.15) is 0 Å². The topological polar surface area (TPSA) is 91.5 Å². The van der Waals surface area contributed by atoms with Gasteiger partial charge in [0.1, 0.15) is 17.2 Å². The van der Waals surface area contributed by atoms with Crippen molar-refractivity contribution in [3.8, 4) is 5.88 Å². The number of sulfonamides is 1. The molecule has 1 aliphatic rings. The number of hydrogen-bond donors (Lipinski definition) is 1. The first kappa shape index (κ1) is 15.6. The van der Waals surface area contributed by atoms with Gasteiger partial charge < -0.3 is 9.47 Å². The van der Waals surface area contributed by atoms with E-state index in [2.05, 4.69) is 20.9 Å². The fourth-order valence-corrected chi connectivity index (χ4v) is 2.93. The molecule has 1 aliphatic heterocycles. The predicted molar refractivity (Wildman–Crippen MR) is 72.7 cm³/mol. The van der Waals surface area contributed by atoms with Gasteiger partial charge in [0.25, 0.3) is 0 Å². The highest BCUT2D eigenvalue weighted by atomic mass is 79.9. The largest absolute Gasteiger partial charge is 0.473 e. The molecule has 0 unspecified atom stereocenters. The van der Waals surface area contributed by atoms with E-state index in [9.17, 15) is 12.8 Å². The minimum absolute atomic E-state index is 0.195. The summed E-state index contributed by atoms with van der Waals surface area (Å²) in [5.74, 6) is -0.195. The van der Waals surface area contributed by atoms with E-state index in [4.69, 9.17) is 14.6 Å². The van der Waals surface area contributed by atoms with Gasteiger partial charge >= 0.3 is 0 Å². The number of rotatable bonds is 4. The molecule has 0 spiro atoms. The average Bonchev–Trinajstić information content (AvgIpc) is 2.37. The maximum Gasteiger partial charge on any atom is 0.243 e. The van der Waals surface area contributed by atoms with E-state index in [0.29, 0.717) is 17.7 Å². The number of ether oxygens (including phenoxy) is 2. The third kappa shape index (κ3) is 3.87. The number of nitrogens with zero attached hydrogens (tertiary/aromatic N) is 1. The Labute approximate surface area is 124 Å². The van der Waals surface area contributed by atoms with E-state index in [1.54, 1.807) is 0 Å². The van der Waals surface area contributed by atoms with Crippen molar-refractivity contribution >= 4 is 26.0 Å². The maximum absolute atomic E-state index is 14.3. The van der Waals surface area contributed by atoms with Crippen LogP contribution in [-0.2, 0) is 14.8 Å². The summed E-state index contributed by atoms with van der Waals surface area (Å²) in [6.07, 6.45) is 1.77. The predicted octanol–water partition coefficient (Wildman–Crippen LogP) is 1.39. The zero-order chi connectivity index (χ0) is 14.8. The van der Waals surface area contributed by atoms with Crippen molar-refractivity contribution in [1.29, 1.82) is 0 Å². The van der Waals surface area contributed by atoms with Crippen LogP contribution in [0.25, 0.3) is 0 Å². The number of halogens is 2. The van der Waals surface area contributed by atoms with Gasteiger partial charge in [0.15, 0.2) is 0 Å². The average molecular weight is 369 g/mol. The first-order chi connectivity index (χ1) is 9.30. The van der Waals surface area contributed by atoms with E-state index in [1.165, 1.54) is 12.3 Å². The van der Waals surface area contributed by atoms with Crippen molar-refractivity contribution in [2.75, 3.05) is 19.8 Å². The van der Waals surface area contributed by atoms with E-state index < -0.39 is 15.7 Å². The van der Waals surface area contributed by atoms with Crippen LogP contribution in [0, 0.1) is 0 Å². The molecule has 0 aromatic carbocycles. The van der Waals surface area contributed by atoms with Crippen LogP contribution in [0.2, 0.25) is 0 Å². The molecule has 2 N–H and O–H groups in total. The molecule has 1 aromatic heterocycles. The monoisotopic (exact) mass is 368 g/mol. The highest BCUT2D eigenvalue weighted by molar-refractivity contribution is 9.10. The number of hydrogen-bond acceptors (Lipinski definition) is 5. The molecule has 6 nitrogen and oxygen atoms in total. The molecule has 1 fully saturated rings. The van der Waals surface area contributed by atoms with Gasteiger partial charge in [-0.05, 0) is 22.0 Å². The lowest BCUT2D eigenvalue weighted by Crippen LogP contribution is -2.37. The third-order valence-electron chi connectivity index (χ3n) is 2.95. The Morgan fingerprint density at radius 3 is 2.75 bits per heavy atom. The van der Waals surface area contributed by atoms with Gasteiger partial charge in [-0.1, -0.05) is 0 Å². The van der Waals surface area contributed by atoms with Gasteiger partial charge in [0.05, 0.1) is 0 Å². The molecule has 0 bridgehead atoms. The molecule has 1 saturated heterocycles. The molecular weight excluding hydrogens is 355 g/mol. The number of pyridine rings is 1. The van der Waals surface area contributed by atoms with Crippen molar-refractivity contribution < 1.29 is 22.3 Å². The minimum Gasteiger partial charge on any atom is -0.473 e. The molecule has 0 amide bonds. The first-order valence-electron chi connectivity index (χ1n) is 5.88. The Morgan fingerprint density at radius 1 is 1.50 bits per heavy atom. The Morgan fingerprint density at radius 2 is 2.15 bits per heavy atom. The summed E-state index contributed by atoms with van der Waals surface area (Å²) in [5.41, 5.74) is -1.54. The number of aromatic nitrogens is 1. The standard InChI is InChI=1S/C11H14BrFN2O4S/c12-8-5-9(20(14,16)17)10(15-6-8)19-7-11(13)1-3-18-4-2-11/h5-6H,1-4,7H2,(H2,14,16,17). The second-order valence-corrected chi connectivity index (χ2v) is 7.00. The highest BCUT2D eigenvalue weighted by Crippen LogP contribution is 2.29. The van der Waals surface area contributed by atoms with Crippen LogP contribution < -0.4 is 9.88 Å². The molecule has 0 radical (unpaired) electrons. The minimum atomic E-state index is -3.99. The molecule has 9 heteroatoms. The molecule has 0 atom stereocenters. The Balaban J connectivity index is 2.17. The fraction of sp³-hybridized carbons (Fsp3) is 0.545. The number of primary sulfonamides is 1. The Bertz CT molecular complexity index is 590. The van der Waals surface area contributed by atoms with Crippen LogP contribution >= 0.6 is 15.9 Å². The quantitative estimate of drug-likeness (QED) is 0.866. The van der Waals surface area contributed by atoms with Crippen LogP contribution in [0.1, 0.15) is 12.8 Å². The number of alkyl halides is 1. The SMILES string of the molecule is NS(=O)(=O)c1cc(Br)cnc1OCC1(F)CCOCC1. The van der Waals surface area contributed by atoms with Crippen LogP contribution in [0.5, 0.6) is 5.88 Å². The van der Waals surface area contributed by atoms with Gasteiger partial charge in [-0.15, -0.1) is 0 Å². The van der Waals surface area contributed by atoms with Crippen molar-refractivity contribution in [2.45, 2.75) is 23.4 Å². The molecule has 2 rings (SSSR count). The lowest BCUT2D eigenvalue weighted by Gasteiger charge is -2.29. The van der Waals surface area contributed by atoms with E-state index in [-0.39, 0.29) is 30.2 Å². The highest BCUT2D eigenvalue weighted by Gasteiger charge is 2.34. The van der Waals surface area contributed by atoms with Crippen molar-refractivity contribution in [3.05, 3.63) is 16.7 Å². The van der Waals surface area contributed by atoms with Crippen LogP contribution in [0.15, 0.2) is 21.6 Å². The fourth-order valence-electron chi connectivity index (χ4n) is 1.80. The maximum atomic E-state index is 14.3. The second kappa shape index (κ2) is 5.92. The van der Waals surface area contributed by atoms with Gasteiger partial charge in [0.2, 0.25) is 15.9 Å². The molecule has 0 aliphatic carbocycles. The van der Waals surface area contributed by atoms with E-state index in [0.717, 1.165) is 0 Å². The first-order valence-corrected chi connectivity index (χ1v) is 8.22.